The Hall–Kier alpha value is -2.24. The molecule has 2 rings (SSSR count). The van der Waals surface area contributed by atoms with E-state index in [4.69, 9.17) is 9.47 Å². The summed E-state index contributed by atoms with van der Waals surface area (Å²) in [5.41, 5.74) is 0.370. The Kier molecular flexibility index (Phi) is 3.59. The van der Waals surface area contributed by atoms with E-state index in [2.05, 4.69) is 0 Å². The van der Waals surface area contributed by atoms with Crippen LogP contribution in [0.4, 0.5) is 4.79 Å². The van der Waals surface area contributed by atoms with Crippen molar-refractivity contribution in [1.29, 1.82) is 0 Å². The van der Waals surface area contributed by atoms with Crippen molar-refractivity contribution in [1.82, 2.24) is 4.90 Å². The monoisotopic (exact) mass is 265 g/mol. The summed E-state index contributed by atoms with van der Waals surface area (Å²) in [5, 5.41) is 9.88. The minimum Gasteiger partial charge on any atom is -0.508 e. The predicted octanol–water partition coefficient (Wildman–Crippen LogP) is 1.48. The van der Waals surface area contributed by atoms with Crippen molar-refractivity contribution in [3.63, 3.8) is 0 Å². The van der Waals surface area contributed by atoms with Gasteiger partial charge in [0.25, 0.3) is 0 Å². The molecule has 1 atom stereocenters. The van der Waals surface area contributed by atoms with Gasteiger partial charge in [0.1, 0.15) is 18.1 Å². The molecule has 6 heteroatoms. The molecule has 102 valence electrons. The number of phenolic OH excluding ortho intramolecular Hbond substituents is 1. The third kappa shape index (κ3) is 2.33. The van der Waals surface area contributed by atoms with Crippen molar-refractivity contribution in [2.45, 2.75) is 12.8 Å². The highest BCUT2D eigenvalue weighted by Gasteiger charge is 2.34. The second kappa shape index (κ2) is 5.17. The lowest BCUT2D eigenvalue weighted by atomic mass is 9.97. The summed E-state index contributed by atoms with van der Waals surface area (Å²) in [6, 6.07) is 4.75. The van der Waals surface area contributed by atoms with Crippen LogP contribution in [0.2, 0.25) is 0 Å². The first kappa shape index (κ1) is 13.2. The number of imide groups is 1. The molecule has 1 N–H and O–H groups in total. The fourth-order valence-corrected chi connectivity index (χ4v) is 2.10. The summed E-state index contributed by atoms with van der Waals surface area (Å²) >= 11 is 0. The number of amides is 2. The summed E-state index contributed by atoms with van der Waals surface area (Å²) in [4.78, 5) is 24.7. The van der Waals surface area contributed by atoms with Crippen molar-refractivity contribution >= 4 is 12.0 Å². The van der Waals surface area contributed by atoms with E-state index in [1.165, 1.54) is 13.2 Å². The van der Waals surface area contributed by atoms with E-state index < -0.39 is 17.9 Å². The fourth-order valence-electron chi connectivity index (χ4n) is 2.10. The molecule has 1 aromatic rings. The van der Waals surface area contributed by atoms with Gasteiger partial charge >= 0.3 is 6.09 Å². The largest absolute Gasteiger partial charge is 0.508 e. The quantitative estimate of drug-likeness (QED) is 0.895. The lowest BCUT2D eigenvalue weighted by molar-refractivity contribution is -0.129. The topological polar surface area (TPSA) is 76.1 Å². The standard InChI is InChI=1S/C13H15NO5/c1-8(12(16)14-6-7-19-13(14)17)11-9(15)4-3-5-10(11)18-2/h3-5,8,15H,6-7H2,1-2H3. The van der Waals surface area contributed by atoms with E-state index in [0.717, 1.165) is 4.90 Å². The molecule has 1 heterocycles. The first-order chi connectivity index (χ1) is 9.06. The van der Waals surface area contributed by atoms with Gasteiger partial charge in [0.05, 0.1) is 19.6 Å². The summed E-state index contributed by atoms with van der Waals surface area (Å²) in [6.45, 7) is 2.05. The molecule has 0 spiro atoms. The Bertz CT molecular complexity index is 514. The van der Waals surface area contributed by atoms with Crippen LogP contribution in [-0.2, 0) is 9.53 Å². The van der Waals surface area contributed by atoms with Crippen molar-refractivity contribution in [3.05, 3.63) is 23.8 Å². The SMILES string of the molecule is COc1cccc(O)c1C(C)C(=O)N1CCOC1=O. The maximum Gasteiger partial charge on any atom is 0.416 e. The normalized spacial score (nSPS) is 16.1. The summed E-state index contributed by atoms with van der Waals surface area (Å²) in [5.74, 6) is -0.731. The number of nitrogens with zero attached hydrogens (tertiary/aromatic N) is 1. The number of ether oxygens (including phenoxy) is 2. The summed E-state index contributed by atoms with van der Waals surface area (Å²) in [7, 11) is 1.46. The number of aromatic hydroxyl groups is 1. The average Bonchev–Trinajstić information content (AvgIpc) is 2.83. The van der Waals surface area contributed by atoms with Crippen LogP contribution in [0.25, 0.3) is 0 Å². The molecule has 1 aliphatic rings. The number of phenols is 1. The van der Waals surface area contributed by atoms with Crippen LogP contribution in [0.1, 0.15) is 18.4 Å². The number of carbonyl (C=O) groups is 2. The molecule has 1 aromatic carbocycles. The Morgan fingerprint density at radius 2 is 2.26 bits per heavy atom. The van der Waals surface area contributed by atoms with Crippen LogP contribution in [0, 0.1) is 0 Å². The summed E-state index contributed by atoms with van der Waals surface area (Å²) < 4.78 is 9.87. The smallest absolute Gasteiger partial charge is 0.416 e. The van der Waals surface area contributed by atoms with E-state index in [-0.39, 0.29) is 18.9 Å². The van der Waals surface area contributed by atoms with E-state index >= 15 is 0 Å². The molecule has 0 aliphatic carbocycles. The van der Waals surface area contributed by atoms with E-state index in [1.807, 2.05) is 0 Å². The summed E-state index contributed by atoms with van der Waals surface area (Å²) in [6.07, 6.45) is -0.647. The van der Waals surface area contributed by atoms with Crippen LogP contribution in [0.5, 0.6) is 11.5 Å². The zero-order chi connectivity index (χ0) is 14.0. The maximum absolute atomic E-state index is 12.2. The number of hydrogen-bond acceptors (Lipinski definition) is 5. The molecule has 0 aromatic heterocycles. The molecule has 2 amide bonds. The van der Waals surface area contributed by atoms with Crippen LogP contribution in [-0.4, -0.2) is 42.3 Å². The number of cyclic esters (lactones) is 1. The van der Waals surface area contributed by atoms with Gasteiger partial charge in [-0.25, -0.2) is 9.69 Å². The molecule has 0 saturated carbocycles. The van der Waals surface area contributed by atoms with Gasteiger partial charge < -0.3 is 14.6 Å². The lowest BCUT2D eigenvalue weighted by Gasteiger charge is -2.19. The molecule has 1 saturated heterocycles. The number of carbonyl (C=O) groups excluding carboxylic acids is 2. The molecule has 6 nitrogen and oxygen atoms in total. The minimum atomic E-state index is -0.693. The molecule has 1 unspecified atom stereocenters. The highest BCUT2D eigenvalue weighted by molar-refractivity contribution is 5.97. The molecule has 1 aliphatic heterocycles. The Balaban J connectivity index is 2.31. The molecular weight excluding hydrogens is 250 g/mol. The van der Waals surface area contributed by atoms with Gasteiger partial charge in [0.2, 0.25) is 5.91 Å². The zero-order valence-corrected chi connectivity index (χ0v) is 10.8. The van der Waals surface area contributed by atoms with Gasteiger partial charge in [0.15, 0.2) is 0 Å². The van der Waals surface area contributed by atoms with Gasteiger partial charge in [-0.2, -0.15) is 0 Å². The molecular formula is C13H15NO5. The Morgan fingerprint density at radius 3 is 2.84 bits per heavy atom. The number of rotatable bonds is 3. The minimum absolute atomic E-state index is 0.0345. The molecule has 19 heavy (non-hydrogen) atoms. The van der Waals surface area contributed by atoms with Crippen LogP contribution >= 0.6 is 0 Å². The van der Waals surface area contributed by atoms with Crippen LogP contribution in [0.15, 0.2) is 18.2 Å². The molecule has 0 radical (unpaired) electrons. The lowest BCUT2D eigenvalue weighted by Crippen LogP contribution is -2.35. The van der Waals surface area contributed by atoms with E-state index in [9.17, 15) is 14.7 Å². The second-order valence-electron chi connectivity index (χ2n) is 4.22. The fraction of sp³-hybridized carbons (Fsp3) is 0.385. The first-order valence-electron chi connectivity index (χ1n) is 5.90. The number of hydrogen-bond donors (Lipinski definition) is 1. The Labute approximate surface area is 110 Å². The van der Waals surface area contributed by atoms with Crippen molar-refractivity contribution in [3.8, 4) is 11.5 Å². The van der Waals surface area contributed by atoms with Gasteiger partial charge in [-0.05, 0) is 19.1 Å². The third-order valence-electron chi connectivity index (χ3n) is 3.09. The van der Waals surface area contributed by atoms with Gasteiger partial charge in [-0.15, -0.1) is 0 Å². The van der Waals surface area contributed by atoms with Gasteiger partial charge in [-0.3, -0.25) is 4.79 Å². The van der Waals surface area contributed by atoms with Gasteiger partial charge in [0, 0.05) is 5.56 Å². The number of benzene rings is 1. The third-order valence-corrected chi connectivity index (χ3v) is 3.09. The van der Waals surface area contributed by atoms with Crippen molar-refractivity contribution in [2.24, 2.45) is 0 Å². The van der Waals surface area contributed by atoms with Crippen LogP contribution in [0.3, 0.4) is 0 Å². The van der Waals surface area contributed by atoms with Gasteiger partial charge in [-0.1, -0.05) is 6.07 Å². The first-order valence-corrected chi connectivity index (χ1v) is 5.90. The van der Waals surface area contributed by atoms with Crippen molar-refractivity contribution in [2.75, 3.05) is 20.3 Å². The average molecular weight is 265 g/mol. The Morgan fingerprint density at radius 1 is 1.53 bits per heavy atom. The second-order valence-corrected chi connectivity index (χ2v) is 4.22. The predicted molar refractivity (Wildman–Crippen MR) is 66.1 cm³/mol. The molecule has 0 bridgehead atoms. The maximum atomic E-state index is 12.2. The molecule has 1 fully saturated rings. The van der Waals surface area contributed by atoms with Crippen molar-refractivity contribution < 1.29 is 24.2 Å². The number of methoxy groups -OCH3 is 1. The highest BCUT2D eigenvalue weighted by atomic mass is 16.6. The van der Waals surface area contributed by atoms with E-state index in [1.54, 1.807) is 19.1 Å². The zero-order valence-electron chi connectivity index (χ0n) is 10.8. The van der Waals surface area contributed by atoms with E-state index in [0.29, 0.717) is 11.3 Å². The highest BCUT2D eigenvalue weighted by Crippen LogP contribution is 2.35. The van der Waals surface area contributed by atoms with Crippen LogP contribution < -0.4 is 4.74 Å².